The second-order valence-corrected chi connectivity index (χ2v) is 12.7. The fraction of sp³-hybridized carbons (Fsp3) is 0.114. The SMILES string of the molecule is Cc1ccc(Oc2c(O)c(Oc3ccc(I)cc3)c(Oc3ccc(C)cc3)c(OC(=O)C(C)(F)F)c2Oc2ccc(I)cc2)cc1. The van der Waals surface area contributed by atoms with Crippen molar-refractivity contribution in [2.75, 3.05) is 0 Å². The summed E-state index contributed by atoms with van der Waals surface area (Å²) in [5.41, 5.74) is 1.86. The molecule has 5 aromatic carbocycles. The van der Waals surface area contributed by atoms with Gasteiger partial charge in [-0.2, -0.15) is 8.78 Å². The molecule has 0 aromatic heterocycles. The Hall–Kier alpha value is -4.11. The Morgan fingerprint density at radius 2 is 0.870 bits per heavy atom. The molecule has 0 aliphatic carbocycles. The summed E-state index contributed by atoms with van der Waals surface area (Å²) in [5.74, 6) is -7.61. The van der Waals surface area contributed by atoms with Gasteiger partial charge >= 0.3 is 11.9 Å². The molecule has 46 heavy (non-hydrogen) atoms. The van der Waals surface area contributed by atoms with Gasteiger partial charge < -0.3 is 28.8 Å². The van der Waals surface area contributed by atoms with Crippen molar-refractivity contribution in [3.8, 4) is 57.5 Å². The molecule has 0 aliphatic rings. The van der Waals surface area contributed by atoms with Gasteiger partial charge in [0.15, 0.2) is 0 Å². The highest BCUT2D eigenvalue weighted by Crippen LogP contribution is 2.61. The fourth-order valence-electron chi connectivity index (χ4n) is 3.97. The number of aryl methyl sites for hydroxylation is 2. The molecule has 0 amide bonds. The molecule has 0 atom stereocenters. The maximum absolute atomic E-state index is 14.4. The van der Waals surface area contributed by atoms with E-state index < -0.39 is 34.9 Å². The Morgan fingerprint density at radius 3 is 1.20 bits per heavy atom. The highest BCUT2D eigenvalue weighted by molar-refractivity contribution is 14.1. The maximum Gasteiger partial charge on any atom is 0.382 e. The summed E-state index contributed by atoms with van der Waals surface area (Å²) >= 11 is 4.24. The zero-order valence-corrected chi connectivity index (χ0v) is 29.0. The number of rotatable bonds is 10. The van der Waals surface area contributed by atoms with Gasteiger partial charge in [-0.25, -0.2) is 4.79 Å². The molecular weight excluding hydrogens is 824 g/mol. The largest absolute Gasteiger partial charge is 0.501 e. The number of halogens is 4. The van der Waals surface area contributed by atoms with E-state index in [0.29, 0.717) is 6.92 Å². The van der Waals surface area contributed by atoms with Crippen LogP contribution in [0.5, 0.6) is 57.5 Å². The lowest BCUT2D eigenvalue weighted by atomic mass is 10.2. The molecule has 0 saturated carbocycles. The van der Waals surface area contributed by atoms with E-state index in [1.807, 2.05) is 13.8 Å². The van der Waals surface area contributed by atoms with E-state index in [1.165, 1.54) is 0 Å². The standard InChI is InChI=1S/C35H26F2I2O7/c1-20-4-12-24(13-5-20)42-29-28(40)30(43-26-16-8-22(38)9-17-26)31(44-25-14-6-21(2)7-15-25)33(46-34(41)35(3,36)37)32(29)45-27-18-10-23(39)11-19-27/h4-19,40H,1-3H3. The highest BCUT2D eigenvalue weighted by Gasteiger charge is 2.40. The summed E-state index contributed by atoms with van der Waals surface area (Å²) < 4.78 is 60.5. The second kappa shape index (κ2) is 14.1. The van der Waals surface area contributed by atoms with Gasteiger partial charge in [0.25, 0.3) is 0 Å². The minimum Gasteiger partial charge on any atom is -0.501 e. The normalized spacial score (nSPS) is 11.1. The predicted molar refractivity (Wildman–Crippen MR) is 185 cm³/mol. The first-order valence-corrected chi connectivity index (χ1v) is 15.9. The van der Waals surface area contributed by atoms with Crippen LogP contribution in [0, 0.1) is 21.0 Å². The summed E-state index contributed by atoms with van der Waals surface area (Å²) in [5, 5.41) is 11.8. The molecule has 0 bridgehead atoms. The van der Waals surface area contributed by atoms with E-state index in [1.54, 1.807) is 97.1 Å². The minimum absolute atomic E-state index is 0.224. The molecule has 7 nitrogen and oxygen atoms in total. The number of ether oxygens (including phenoxy) is 5. The molecule has 0 unspecified atom stereocenters. The monoisotopic (exact) mass is 850 g/mol. The lowest BCUT2D eigenvalue weighted by Gasteiger charge is -2.23. The summed E-state index contributed by atoms with van der Waals surface area (Å²) in [6.07, 6.45) is 0. The van der Waals surface area contributed by atoms with Crippen LogP contribution in [0.25, 0.3) is 0 Å². The van der Waals surface area contributed by atoms with Crippen molar-refractivity contribution < 1.29 is 42.4 Å². The van der Waals surface area contributed by atoms with Crippen LogP contribution in [0.1, 0.15) is 18.1 Å². The van der Waals surface area contributed by atoms with Crippen LogP contribution in [0.15, 0.2) is 97.1 Å². The van der Waals surface area contributed by atoms with Gasteiger partial charge in [0.05, 0.1) is 0 Å². The minimum atomic E-state index is -3.91. The van der Waals surface area contributed by atoms with E-state index in [2.05, 4.69) is 45.2 Å². The number of benzene rings is 5. The number of phenolic OH excluding ortho intramolecular Hbond substituents is 1. The van der Waals surface area contributed by atoms with E-state index >= 15 is 0 Å². The first-order valence-electron chi connectivity index (χ1n) is 13.8. The van der Waals surface area contributed by atoms with Crippen LogP contribution in [-0.2, 0) is 4.79 Å². The van der Waals surface area contributed by atoms with E-state index in [-0.39, 0.29) is 34.5 Å². The zero-order chi connectivity index (χ0) is 33.0. The maximum atomic E-state index is 14.4. The number of phenols is 1. The number of esters is 1. The smallest absolute Gasteiger partial charge is 0.382 e. The Morgan fingerprint density at radius 1 is 0.565 bits per heavy atom. The van der Waals surface area contributed by atoms with Crippen LogP contribution in [-0.4, -0.2) is 17.0 Å². The van der Waals surface area contributed by atoms with Crippen molar-refractivity contribution in [1.29, 1.82) is 0 Å². The highest BCUT2D eigenvalue weighted by atomic mass is 127. The average molecular weight is 850 g/mol. The molecule has 5 aromatic rings. The Labute approximate surface area is 291 Å². The average Bonchev–Trinajstić information content (AvgIpc) is 3.02. The van der Waals surface area contributed by atoms with E-state index in [9.17, 15) is 18.7 Å². The van der Waals surface area contributed by atoms with Crippen LogP contribution in [0.4, 0.5) is 8.78 Å². The Balaban J connectivity index is 1.81. The van der Waals surface area contributed by atoms with Crippen molar-refractivity contribution in [3.63, 3.8) is 0 Å². The van der Waals surface area contributed by atoms with Crippen LogP contribution >= 0.6 is 45.2 Å². The number of hydrogen-bond donors (Lipinski definition) is 1. The molecule has 0 spiro atoms. The summed E-state index contributed by atoms with van der Waals surface area (Å²) in [6, 6.07) is 27.2. The van der Waals surface area contributed by atoms with Crippen molar-refractivity contribution in [1.82, 2.24) is 0 Å². The van der Waals surface area contributed by atoms with Crippen molar-refractivity contribution in [3.05, 3.63) is 115 Å². The van der Waals surface area contributed by atoms with Crippen LogP contribution in [0.2, 0.25) is 0 Å². The molecule has 5 rings (SSSR count). The Kier molecular flexibility index (Phi) is 10.2. The number of hydrogen-bond acceptors (Lipinski definition) is 7. The first kappa shape index (κ1) is 33.3. The van der Waals surface area contributed by atoms with Gasteiger partial charge in [0, 0.05) is 14.1 Å². The van der Waals surface area contributed by atoms with Crippen LogP contribution < -0.4 is 23.7 Å². The number of carbonyl (C=O) groups excluding carboxylic acids is 1. The van der Waals surface area contributed by atoms with Crippen molar-refractivity contribution >= 4 is 51.2 Å². The first-order chi connectivity index (χ1) is 21.9. The number of aromatic hydroxyl groups is 1. The molecular formula is C35H26F2I2O7. The molecule has 1 N–H and O–H groups in total. The molecule has 0 heterocycles. The lowest BCUT2D eigenvalue weighted by Crippen LogP contribution is -2.29. The molecule has 0 radical (unpaired) electrons. The van der Waals surface area contributed by atoms with Gasteiger partial charge in [0.1, 0.15) is 23.0 Å². The van der Waals surface area contributed by atoms with E-state index in [4.69, 9.17) is 23.7 Å². The van der Waals surface area contributed by atoms with Gasteiger partial charge in [-0.15, -0.1) is 0 Å². The van der Waals surface area contributed by atoms with Gasteiger partial charge in [0.2, 0.25) is 34.5 Å². The molecule has 11 heteroatoms. The topological polar surface area (TPSA) is 83.5 Å². The van der Waals surface area contributed by atoms with Gasteiger partial charge in [-0.3, -0.25) is 0 Å². The number of carbonyl (C=O) groups is 1. The zero-order valence-electron chi connectivity index (χ0n) is 24.6. The van der Waals surface area contributed by atoms with E-state index in [0.717, 1.165) is 18.3 Å². The summed E-state index contributed by atoms with van der Waals surface area (Å²) in [6.45, 7) is 4.17. The predicted octanol–water partition coefficient (Wildman–Crippen LogP) is 10.9. The third-order valence-corrected chi connectivity index (χ3v) is 7.80. The quantitative estimate of drug-likeness (QED) is 0.0851. The Bertz CT molecular complexity index is 1720. The summed E-state index contributed by atoms with van der Waals surface area (Å²) in [7, 11) is 0. The number of alkyl halides is 2. The molecule has 0 fully saturated rings. The van der Waals surface area contributed by atoms with Crippen molar-refractivity contribution in [2.24, 2.45) is 0 Å². The molecule has 236 valence electrons. The fourth-order valence-corrected chi connectivity index (χ4v) is 4.69. The summed E-state index contributed by atoms with van der Waals surface area (Å²) in [4.78, 5) is 12.8. The van der Waals surface area contributed by atoms with Crippen LogP contribution in [0.3, 0.4) is 0 Å². The van der Waals surface area contributed by atoms with Gasteiger partial charge in [-0.1, -0.05) is 35.4 Å². The van der Waals surface area contributed by atoms with Gasteiger partial charge in [-0.05, 0) is 132 Å². The third-order valence-electron chi connectivity index (χ3n) is 6.36. The second-order valence-electron chi connectivity index (χ2n) is 10.2. The third kappa shape index (κ3) is 8.18. The van der Waals surface area contributed by atoms with Crippen molar-refractivity contribution in [2.45, 2.75) is 26.7 Å². The molecule has 0 aliphatic heterocycles. The molecule has 0 saturated heterocycles. The lowest BCUT2D eigenvalue weighted by molar-refractivity contribution is -0.159.